The SMILES string of the molecule is Cc1ccc(C(N)=NC(=S)Cc2cc(C)c(CC#N)cc2C)cc1. The highest BCUT2D eigenvalue weighted by Gasteiger charge is 2.08. The van der Waals surface area contributed by atoms with Gasteiger partial charge in [-0.2, -0.15) is 5.26 Å². The Bertz CT molecular complexity index is 827. The predicted octanol–water partition coefficient (Wildman–Crippen LogP) is 3.95. The van der Waals surface area contributed by atoms with Crippen molar-refractivity contribution in [2.75, 3.05) is 0 Å². The van der Waals surface area contributed by atoms with Crippen molar-refractivity contribution >= 4 is 23.0 Å². The Morgan fingerprint density at radius 3 is 2.29 bits per heavy atom. The van der Waals surface area contributed by atoms with E-state index in [1.54, 1.807) is 0 Å². The second kappa shape index (κ2) is 7.85. The summed E-state index contributed by atoms with van der Waals surface area (Å²) in [6, 6.07) is 14.2. The molecular formula is C20H21N3S. The molecule has 2 aromatic rings. The van der Waals surface area contributed by atoms with Crippen LogP contribution in [0.4, 0.5) is 0 Å². The number of aliphatic imine (C=N–C) groups is 1. The highest BCUT2D eigenvalue weighted by molar-refractivity contribution is 7.80. The van der Waals surface area contributed by atoms with Crippen molar-refractivity contribution in [3.63, 3.8) is 0 Å². The standard InChI is InChI=1S/C20H21N3S/c1-13-4-6-16(7-5-13)20(22)23-19(24)12-18-11-14(2)17(8-9-21)10-15(18)3/h4-7,10-11H,8,12H2,1-3H3,(H2,22,23,24). The van der Waals surface area contributed by atoms with Crippen LogP contribution in [0.25, 0.3) is 0 Å². The van der Waals surface area contributed by atoms with Crippen molar-refractivity contribution in [2.45, 2.75) is 33.6 Å². The van der Waals surface area contributed by atoms with E-state index in [0.29, 0.717) is 23.7 Å². The zero-order valence-electron chi connectivity index (χ0n) is 14.3. The van der Waals surface area contributed by atoms with Crippen LogP contribution >= 0.6 is 12.2 Å². The van der Waals surface area contributed by atoms with Crippen LogP contribution in [0, 0.1) is 32.1 Å². The molecule has 0 aliphatic carbocycles. The van der Waals surface area contributed by atoms with E-state index >= 15 is 0 Å². The lowest BCUT2D eigenvalue weighted by Gasteiger charge is -2.10. The van der Waals surface area contributed by atoms with Crippen molar-refractivity contribution in [3.8, 4) is 6.07 Å². The molecule has 0 saturated heterocycles. The molecule has 122 valence electrons. The van der Waals surface area contributed by atoms with E-state index in [1.165, 1.54) is 5.56 Å². The molecule has 0 aliphatic rings. The maximum atomic E-state index is 8.87. The summed E-state index contributed by atoms with van der Waals surface area (Å²) in [5, 5.41) is 8.87. The van der Waals surface area contributed by atoms with Gasteiger partial charge in [-0.1, -0.05) is 54.2 Å². The van der Waals surface area contributed by atoms with Gasteiger partial charge in [-0.25, -0.2) is 4.99 Å². The summed E-state index contributed by atoms with van der Waals surface area (Å²) in [6.45, 7) is 6.08. The maximum Gasteiger partial charge on any atom is 0.131 e. The van der Waals surface area contributed by atoms with Crippen molar-refractivity contribution in [1.82, 2.24) is 0 Å². The van der Waals surface area contributed by atoms with E-state index in [4.69, 9.17) is 23.2 Å². The second-order valence-corrected chi connectivity index (χ2v) is 6.44. The maximum absolute atomic E-state index is 8.87. The van der Waals surface area contributed by atoms with E-state index in [9.17, 15) is 0 Å². The number of amidine groups is 1. The van der Waals surface area contributed by atoms with Gasteiger partial charge in [0.25, 0.3) is 0 Å². The Morgan fingerprint density at radius 1 is 1.08 bits per heavy atom. The van der Waals surface area contributed by atoms with Gasteiger partial charge >= 0.3 is 0 Å². The molecule has 0 unspecified atom stereocenters. The number of aryl methyl sites for hydroxylation is 3. The fraction of sp³-hybridized carbons (Fsp3) is 0.250. The quantitative estimate of drug-likeness (QED) is 0.523. The van der Waals surface area contributed by atoms with Gasteiger partial charge in [0, 0.05) is 12.0 Å². The average Bonchev–Trinajstić information content (AvgIpc) is 2.53. The van der Waals surface area contributed by atoms with Crippen LogP contribution in [0.3, 0.4) is 0 Å². The molecule has 0 saturated carbocycles. The third kappa shape index (κ3) is 4.50. The molecule has 0 amide bonds. The largest absolute Gasteiger partial charge is 0.383 e. The Kier molecular flexibility index (Phi) is 5.83. The van der Waals surface area contributed by atoms with Crippen LogP contribution in [-0.4, -0.2) is 10.8 Å². The summed E-state index contributed by atoms with van der Waals surface area (Å²) in [6.07, 6.45) is 0.997. The first-order valence-corrected chi connectivity index (χ1v) is 8.21. The number of nitriles is 1. The number of thiocarbonyl (C=S) groups is 1. The number of benzene rings is 2. The van der Waals surface area contributed by atoms with E-state index in [-0.39, 0.29) is 0 Å². The molecule has 0 fully saturated rings. The lowest BCUT2D eigenvalue weighted by atomic mass is 9.96. The molecule has 0 heterocycles. The fourth-order valence-corrected chi connectivity index (χ4v) is 2.78. The molecule has 0 spiro atoms. The molecule has 0 aromatic heterocycles. The number of rotatable bonds is 4. The first-order chi connectivity index (χ1) is 11.4. The van der Waals surface area contributed by atoms with Crippen LogP contribution in [0.5, 0.6) is 0 Å². The van der Waals surface area contributed by atoms with Crippen molar-refractivity contribution in [3.05, 3.63) is 69.8 Å². The second-order valence-electron chi connectivity index (χ2n) is 5.97. The summed E-state index contributed by atoms with van der Waals surface area (Å²) in [5.41, 5.74) is 12.5. The predicted molar refractivity (Wildman–Crippen MR) is 103 cm³/mol. The van der Waals surface area contributed by atoms with E-state index in [0.717, 1.165) is 27.8 Å². The Balaban J connectivity index is 2.17. The first kappa shape index (κ1) is 17.8. The monoisotopic (exact) mass is 335 g/mol. The minimum Gasteiger partial charge on any atom is -0.383 e. The van der Waals surface area contributed by atoms with Gasteiger partial charge in [-0.3, -0.25) is 0 Å². The zero-order chi connectivity index (χ0) is 17.7. The Labute approximate surface area is 148 Å². The number of hydrogen-bond donors (Lipinski definition) is 1. The van der Waals surface area contributed by atoms with Gasteiger partial charge in [-0.15, -0.1) is 0 Å². The van der Waals surface area contributed by atoms with Crippen LogP contribution in [0.2, 0.25) is 0 Å². The van der Waals surface area contributed by atoms with Gasteiger partial charge in [0.2, 0.25) is 0 Å². The van der Waals surface area contributed by atoms with Gasteiger partial charge in [0.1, 0.15) is 10.8 Å². The van der Waals surface area contributed by atoms with Crippen molar-refractivity contribution in [1.29, 1.82) is 5.26 Å². The van der Waals surface area contributed by atoms with Crippen LogP contribution in [0.15, 0.2) is 41.4 Å². The third-order valence-corrected chi connectivity index (χ3v) is 4.23. The summed E-state index contributed by atoms with van der Waals surface area (Å²) >= 11 is 5.41. The van der Waals surface area contributed by atoms with Gasteiger partial charge in [0.15, 0.2) is 0 Å². The van der Waals surface area contributed by atoms with E-state index in [1.807, 2.05) is 45.0 Å². The molecule has 4 heteroatoms. The lowest BCUT2D eigenvalue weighted by molar-refractivity contribution is 1.15. The molecule has 2 rings (SSSR count). The van der Waals surface area contributed by atoms with Crippen molar-refractivity contribution in [2.24, 2.45) is 10.7 Å². The van der Waals surface area contributed by atoms with Crippen LogP contribution in [-0.2, 0) is 12.8 Å². The fourth-order valence-electron chi connectivity index (χ4n) is 2.53. The normalized spacial score (nSPS) is 11.2. The molecule has 2 aromatic carbocycles. The van der Waals surface area contributed by atoms with E-state index in [2.05, 4.69) is 23.2 Å². The minimum atomic E-state index is 0.427. The van der Waals surface area contributed by atoms with Crippen LogP contribution < -0.4 is 5.73 Å². The summed E-state index contributed by atoms with van der Waals surface area (Å²) < 4.78 is 0. The summed E-state index contributed by atoms with van der Waals surface area (Å²) in [4.78, 5) is 4.93. The highest BCUT2D eigenvalue weighted by Crippen LogP contribution is 2.18. The third-order valence-electron chi connectivity index (χ3n) is 4.00. The van der Waals surface area contributed by atoms with Gasteiger partial charge in [0.05, 0.1) is 12.5 Å². The molecule has 0 atom stereocenters. The van der Waals surface area contributed by atoms with Crippen molar-refractivity contribution < 1.29 is 0 Å². The summed E-state index contributed by atoms with van der Waals surface area (Å²) in [5.74, 6) is 0.440. The minimum absolute atomic E-state index is 0.427. The summed E-state index contributed by atoms with van der Waals surface area (Å²) in [7, 11) is 0. The molecule has 3 nitrogen and oxygen atoms in total. The first-order valence-electron chi connectivity index (χ1n) is 7.80. The van der Waals surface area contributed by atoms with E-state index < -0.39 is 0 Å². The molecular weight excluding hydrogens is 314 g/mol. The highest BCUT2D eigenvalue weighted by atomic mass is 32.1. The lowest BCUT2D eigenvalue weighted by Crippen LogP contribution is -2.16. The molecule has 24 heavy (non-hydrogen) atoms. The molecule has 0 bridgehead atoms. The molecule has 2 N–H and O–H groups in total. The van der Waals surface area contributed by atoms with Crippen LogP contribution in [0.1, 0.15) is 33.4 Å². The smallest absolute Gasteiger partial charge is 0.131 e. The van der Waals surface area contributed by atoms with Gasteiger partial charge in [-0.05, 0) is 43.0 Å². The zero-order valence-corrected chi connectivity index (χ0v) is 15.1. The molecule has 0 radical (unpaired) electrons. The Hall–Kier alpha value is -2.51. The number of nitrogens with zero attached hydrogens (tertiary/aromatic N) is 2. The number of hydrogen-bond acceptors (Lipinski definition) is 2. The topological polar surface area (TPSA) is 62.2 Å². The average molecular weight is 335 g/mol. The Morgan fingerprint density at radius 2 is 1.67 bits per heavy atom. The number of nitrogens with two attached hydrogens (primary N) is 1. The molecule has 0 aliphatic heterocycles. The van der Waals surface area contributed by atoms with Gasteiger partial charge < -0.3 is 5.73 Å².